The van der Waals surface area contributed by atoms with Gasteiger partial charge < -0.3 is 23.6 Å². The SMILES string of the molecule is CCOC(=O)c1cc(OC[C@@H]2CCCN2C(=O)OC(C)(C)C)on1. The summed E-state index contributed by atoms with van der Waals surface area (Å²) in [4.78, 5) is 25.4. The first-order chi connectivity index (χ1) is 11.3. The average Bonchev–Trinajstić information content (AvgIpc) is 3.13. The second-order valence-electron chi connectivity index (χ2n) is 6.53. The molecule has 1 saturated heterocycles. The molecule has 1 atom stereocenters. The van der Waals surface area contributed by atoms with E-state index in [0.717, 1.165) is 12.8 Å². The van der Waals surface area contributed by atoms with E-state index in [1.54, 1.807) is 11.8 Å². The van der Waals surface area contributed by atoms with Gasteiger partial charge in [-0.25, -0.2) is 9.59 Å². The number of esters is 1. The van der Waals surface area contributed by atoms with Crippen molar-refractivity contribution in [3.8, 4) is 5.95 Å². The Labute approximate surface area is 141 Å². The molecule has 0 aromatic carbocycles. The minimum absolute atomic E-state index is 0.0577. The molecule has 0 saturated carbocycles. The maximum absolute atomic E-state index is 12.2. The van der Waals surface area contributed by atoms with Crippen LogP contribution in [0.2, 0.25) is 0 Å². The Kier molecular flexibility index (Phi) is 5.69. The maximum Gasteiger partial charge on any atom is 0.410 e. The highest BCUT2D eigenvalue weighted by Gasteiger charge is 2.32. The number of carbonyl (C=O) groups excluding carboxylic acids is 2. The van der Waals surface area contributed by atoms with E-state index in [0.29, 0.717) is 6.54 Å². The third kappa shape index (κ3) is 4.87. The highest BCUT2D eigenvalue weighted by Crippen LogP contribution is 2.22. The second kappa shape index (κ2) is 7.55. The maximum atomic E-state index is 12.2. The molecule has 8 heteroatoms. The van der Waals surface area contributed by atoms with Gasteiger partial charge in [0.1, 0.15) is 12.2 Å². The van der Waals surface area contributed by atoms with Crippen molar-refractivity contribution < 1.29 is 28.3 Å². The Balaban J connectivity index is 1.89. The smallest absolute Gasteiger partial charge is 0.410 e. The molecule has 8 nitrogen and oxygen atoms in total. The molecular weight excluding hydrogens is 316 g/mol. The van der Waals surface area contributed by atoms with Gasteiger partial charge in [0.25, 0.3) is 0 Å². The quantitative estimate of drug-likeness (QED) is 0.761. The lowest BCUT2D eigenvalue weighted by Crippen LogP contribution is -2.42. The number of hydrogen-bond acceptors (Lipinski definition) is 7. The van der Waals surface area contributed by atoms with Crippen molar-refractivity contribution >= 4 is 12.1 Å². The lowest BCUT2D eigenvalue weighted by atomic mass is 10.2. The third-order valence-corrected chi connectivity index (χ3v) is 3.40. The number of hydrogen-bond donors (Lipinski definition) is 0. The zero-order chi connectivity index (χ0) is 17.7. The first-order valence-corrected chi connectivity index (χ1v) is 8.06. The topological polar surface area (TPSA) is 91.1 Å². The Morgan fingerprint density at radius 2 is 2.17 bits per heavy atom. The predicted molar refractivity (Wildman–Crippen MR) is 83.9 cm³/mol. The summed E-state index contributed by atoms with van der Waals surface area (Å²) in [6, 6.07) is 1.28. The Morgan fingerprint density at radius 3 is 2.83 bits per heavy atom. The lowest BCUT2D eigenvalue weighted by Gasteiger charge is -2.28. The van der Waals surface area contributed by atoms with E-state index < -0.39 is 11.6 Å². The van der Waals surface area contributed by atoms with Gasteiger partial charge in [-0.1, -0.05) is 5.16 Å². The average molecular weight is 340 g/mol. The fourth-order valence-corrected chi connectivity index (χ4v) is 2.38. The van der Waals surface area contributed by atoms with E-state index in [9.17, 15) is 9.59 Å². The number of ether oxygens (including phenoxy) is 3. The molecule has 134 valence electrons. The van der Waals surface area contributed by atoms with Gasteiger partial charge in [0, 0.05) is 6.54 Å². The highest BCUT2D eigenvalue weighted by molar-refractivity contribution is 5.87. The van der Waals surface area contributed by atoms with Gasteiger partial charge in [0.15, 0.2) is 5.69 Å². The number of carbonyl (C=O) groups is 2. The zero-order valence-electron chi connectivity index (χ0n) is 14.5. The molecule has 0 aliphatic carbocycles. The van der Waals surface area contributed by atoms with Crippen LogP contribution in [0.15, 0.2) is 10.6 Å². The van der Waals surface area contributed by atoms with Crippen LogP contribution in [0.5, 0.6) is 5.95 Å². The first kappa shape index (κ1) is 18.1. The van der Waals surface area contributed by atoms with Gasteiger partial charge in [0.05, 0.1) is 18.7 Å². The Bertz CT molecular complexity index is 577. The van der Waals surface area contributed by atoms with Gasteiger partial charge in [-0.15, -0.1) is 0 Å². The summed E-state index contributed by atoms with van der Waals surface area (Å²) in [5.74, 6) is -0.443. The van der Waals surface area contributed by atoms with E-state index in [2.05, 4.69) is 5.16 Å². The van der Waals surface area contributed by atoms with Gasteiger partial charge in [0.2, 0.25) is 0 Å². The van der Waals surface area contributed by atoms with E-state index in [4.69, 9.17) is 18.7 Å². The Hall–Kier alpha value is -2.25. The number of likely N-dealkylation sites (tertiary alicyclic amines) is 1. The van der Waals surface area contributed by atoms with Crippen molar-refractivity contribution in [3.63, 3.8) is 0 Å². The number of amides is 1. The molecule has 0 unspecified atom stereocenters. The number of aromatic nitrogens is 1. The van der Waals surface area contributed by atoms with E-state index in [1.807, 2.05) is 20.8 Å². The van der Waals surface area contributed by atoms with Crippen LogP contribution in [-0.2, 0) is 9.47 Å². The van der Waals surface area contributed by atoms with Crippen LogP contribution in [0.25, 0.3) is 0 Å². The summed E-state index contributed by atoms with van der Waals surface area (Å²) in [6.45, 7) is 8.34. The van der Waals surface area contributed by atoms with Crippen molar-refractivity contribution in [2.75, 3.05) is 19.8 Å². The molecule has 1 amide bonds. The first-order valence-electron chi connectivity index (χ1n) is 8.06. The molecule has 0 bridgehead atoms. The molecule has 0 spiro atoms. The molecule has 1 aromatic rings. The molecule has 1 aliphatic rings. The van der Waals surface area contributed by atoms with Crippen molar-refractivity contribution in [2.24, 2.45) is 0 Å². The van der Waals surface area contributed by atoms with Crippen LogP contribution < -0.4 is 4.74 Å². The van der Waals surface area contributed by atoms with E-state index in [1.165, 1.54) is 6.07 Å². The molecule has 0 N–H and O–H groups in total. The van der Waals surface area contributed by atoms with E-state index >= 15 is 0 Å². The molecule has 1 aromatic heterocycles. The number of nitrogens with zero attached hydrogens (tertiary/aromatic N) is 2. The molecule has 2 rings (SSSR count). The Morgan fingerprint density at radius 1 is 1.42 bits per heavy atom. The van der Waals surface area contributed by atoms with Crippen LogP contribution in [0.3, 0.4) is 0 Å². The minimum atomic E-state index is -0.563. The fraction of sp³-hybridized carbons (Fsp3) is 0.688. The number of rotatable bonds is 5. The van der Waals surface area contributed by atoms with Crippen molar-refractivity contribution in [2.45, 2.75) is 52.2 Å². The molecule has 1 aliphatic heterocycles. The van der Waals surface area contributed by atoms with Gasteiger partial charge in [-0.05, 0) is 40.5 Å². The van der Waals surface area contributed by atoms with Crippen molar-refractivity contribution in [1.82, 2.24) is 10.1 Å². The van der Waals surface area contributed by atoms with Crippen LogP contribution >= 0.6 is 0 Å². The zero-order valence-corrected chi connectivity index (χ0v) is 14.5. The third-order valence-electron chi connectivity index (χ3n) is 3.40. The molecule has 1 fully saturated rings. The minimum Gasteiger partial charge on any atom is -0.462 e. The summed E-state index contributed by atoms with van der Waals surface area (Å²) in [6.07, 6.45) is 1.36. The fourth-order valence-electron chi connectivity index (χ4n) is 2.38. The van der Waals surface area contributed by atoms with Gasteiger partial charge >= 0.3 is 18.0 Å². The molecule has 24 heavy (non-hydrogen) atoms. The summed E-state index contributed by atoms with van der Waals surface area (Å²) >= 11 is 0. The summed E-state index contributed by atoms with van der Waals surface area (Å²) in [7, 11) is 0. The summed E-state index contributed by atoms with van der Waals surface area (Å²) in [5, 5.41) is 3.60. The van der Waals surface area contributed by atoms with Crippen LogP contribution in [0.4, 0.5) is 4.79 Å². The van der Waals surface area contributed by atoms with Crippen LogP contribution in [0.1, 0.15) is 51.0 Å². The molecular formula is C16H24N2O6. The normalized spacial score (nSPS) is 17.7. The lowest BCUT2D eigenvalue weighted by molar-refractivity contribution is 0.0174. The second-order valence-corrected chi connectivity index (χ2v) is 6.53. The van der Waals surface area contributed by atoms with Crippen molar-refractivity contribution in [1.29, 1.82) is 0 Å². The summed E-state index contributed by atoms with van der Waals surface area (Å²) < 4.78 is 20.7. The largest absolute Gasteiger partial charge is 0.462 e. The standard InChI is InChI=1S/C16H24N2O6/c1-5-21-14(19)12-9-13(24-17-12)22-10-11-7-6-8-18(11)15(20)23-16(2,3)4/h9,11H,5-8,10H2,1-4H3/t11-/m0/s1. The monoisotopic (exact) mass is 340 g/mol. The highest BCUT2D eigenvalue weighted by atomic mass is 16.6. The van der Waals surface area contributed by atoms with E-state index in [-0.39, 0.29) is 37.0 Å². The summed E-state index contributed by atoms with van der Waals surface area (Å²) in [5.41, 5.74) is -0.479. The molecule has 2 heterocycles. The van der Waals surface area contributed by atoms with Gasteiger partial charge in [-0.2, -0.15) is 0 Å². The predicted octanol–water partition coefficient (Wildman–Crippen LogP) is 2.63. The van der Waals surface area contributed by atoms with Crippen LogP contribution in [0, 0.1) is 0 Å². The molecule has 0 radical (unpaired) electrons. The van der Waals surface area contributed by atoms with Crippen LogP contribution in [-0.4, -0.2) is 53.5 Å². The van der Waals surface area contributed by atoms with Crippen molar-refractivity contribution in [3.05, 3.63) is 11.8 Å². The van der Waals surface area contributed by atoms with Gasteiger partial charge in [-0.3, -0.25) is 0 Å².